The number of aromatic nitrogens is 1. The van der Waals surface area contributed by atoms with E-state index in [0.29, 0.717) is 29.8 Å². The van der Waals surface area contributed by atoms with E-state index < -0.39 is 23.7 Å². The van der Waals surface area contributed by atoms with Crippen molar-refractivity contribution in [1.29, 1.82) is 0 Å². The average molecular weight is 541 g/mol. The molecular formula is C28H34F2N6O3. The zero-order valence-electron chi connectivity index (χ0n) is 22.0. The van der Waals surface area contributed by atoms with Crippen LogP contribution in [0.1, 0.15) is 51.1 Å². The number of hydrogen-bond acceptors (Lipinski definition) is 7. The molecule has 5 rings (SSSR count). The topological polar surface area (TPSA) is 112 Å². The minimum Gasteiger partial charge on any atom is -0.424 e. The summed E-state index contributed by atoms with van der Waals surface area (Å²) in [6, 6.07) is 9.32. The lowest BCUT2D eigenvalue weighted by atomic mass is 10.0. The molecule has 0 radical (unpaired) electrons. The summed E-state index contributed by atoms with van der Waals surface area (Å²) in [4.78, 5) is 33.0. The Morgan fingerprint density at radius 2 is 2.03 bits per heavy atom. The van der Waals surface area contributed by atoms with Gasteiger partial charge < -0.3 is 20.0 Å². The van der Waals surface area contributed by atoms with Crippen LogP contribution < -0.4 is 21.3 Å². The molecule has 208 valence electrons. The van der Waals surface area contributed by atoms with E-state index in [1.165, 1.54) is 12.1 Å². The largest absolute Gasteiger partial charge is 0.424 e. The number of carbonyl (C=O) groups excluding carboxylic acids is 2. The van der Waals surface area contributed by atoms with E-state index in [-0.39, 0.29) is 42.5 Å². The highest BCUT2D eigenvalue weighted by molar-refractivity contribution is 5.90. The predicted molar refractivity (Wildman–Crippen MR) is 143 cm³/mol. The third-order valence-corrected chi connectivity index (χ3v) is 7.54. The monoisotopic (exact) mass is 540 g/mol. The number of halogens is 2. The molecule has 4 N–H and O–H groups in total. The molecule has 2 amide bonds. The van der Waals surface area contributed by atoms with E-state index >= 15 is 0 Å². The first-order valence-electron chi connectivity index (χ1n) is 13.4. The number of hydrogen-bond donors (Lipinski definition) is 4. The molecule has 5 atom stereocenters. The lowest BCUT2D eigenvalue weighted by Crippen LogP contribution is -2.55. The van der Waals surface area contributed by atoms with Gasteiger partial charge in [-0.2, -0.15) is 4.98 Å². The first-order chi connectivity index (χ1) is 18.8. The summed E-state index contributed by atoms with van der Waals surface area (Å²) in [7, 11) is 0. The first-order valence-corrected chi connectivity index (χ1v) is 13.4. The fourth-order valence-electron chi connectivity index (χ4n) is 5.35. The van der Waals surface area contributed by atoms with Crippen LogP contribution in [0.15, 0.2) is 46.9 Å². The molecule has 9 nitrogen and oxygen atoms in total. The molecule has 2 fully saturated rings. The standard InChI is InChI=1S/C28H34F2N6O3/c1-16-7-5-6-12-36(16)25(37)14-22(35-28-34-21-8-3-4-9-24(21)39-28)27(38)32-17(2)26-31-15-23(33-26)19-11-10-18(29)13-20(19)30/h3-4,8-11,13,16-17,22-23,26,31,33H,5-7,12,14-15H2,1-2H3,(H,32,38)(H,34,35)/t16-,17-,22-,23?,26?/m0/s1. The molecule has 2 aliphatic rings. The lowest BCUT2D eigenvalue weighted by Gasteiger charge is -2.34. The SMILES string of the molecule is C[C@H](NC(=O)[C@H](CC(=O)N1CCCC[C@@H]1C)Nc1nc2ccccc2o1)C1NCC(c2ccc(F)cc2F)N1. The zero-order chi connectivity index (χ0) is 27.5. The molecule has 3 aromatic rings. The second-order valence-corrected chi connectivity index (χ2v) is 10.4. The second-order valence-electron chi connectivity index (χ2n) is 10.4. The van der Waals surface area contributed by atoms with Gasteiger partial charge in [-0.15, -0.1) is 0 Å². The minimum absolute atomic E-state index is 0.0590. The number of oxazole rings is 1. The van der Waals surface area contributed by atoms with Crippen molar-refractivity contribution in [3.8, 4) is 0 Å². The minimum atomic E-state index is -0.922. The number of anilines is 1. The van der Waals surface area contributed by atoms with Crippen LogP contribution in [-0.2, 0) is 9.59 Å². The average Bonchev–Trinajstić information content (AvgIpc) is 3.55. The molecule has 2 aliphatic heterocycles. The first kappa shape index (κ1) is 27.0. The van der Waals surface area contributed by atoms with Crippen LogP contribution in [0.5, 0.6) is 0 Å². The van der Waals surface area contributed by atoms with E-state index in [4.69, 9.17) is 4.42 Å². The maximum Gasteiger partial charge on any atom is 0.296 e. The molecule has 3 heterocycles. The molecule has 0 saturated carbocycles. The van der Waals surface area contributed by atoms with Crippen molar-refractivity contribution >= 4 is 28.9 Å². The Hall–Kier alpha value is -3.57. The van der Waals surface area contributed by atoms with Gasteiger partial charge in [0.1, 0.15) is 23.2 Å². The van der Waals surface area contributed by atoms with E-state index in [1.54, 1.807) is 12.1 Å². The molecule has 0 spiro atoms. The van der Waals surface area contributed by atoms with Crippen molar-refractivity contribution in [3.63, 3.8) is 0 Å². The number of rotatable bonds is 8. The lowest BCUT2D eigenvalue weighted by molar-refractivity contribution is -0.137. The van der Waals surface area contributed by atoms with Gasteiger partial charge in [0.15, 0.2) is 5.58 Å². The van der Waals surface area contributed by atoms with Gasteiger partial charge in [0.2, 0.25) is 11.8 Å². The Labute approximate surface area is 225 Å². The molecule has 0 bridgehead atoms. The molecule has 1 aromatic heterocycles. The highest BCUT2D eigenvalue weighted by Gasteiger charge is 2.34. The second kappa shape index (κ2) is 11.7. The third kappa shape index (κ3) is 6.20. The summed E-state index contributed by atoms with van der Waals surface area (Å²) in [5.74, 6) is -1.75. The Kier molecular flexibility index (Phi) is 8.08. The van der Waals surface area contributed by atoms with Gasteiger partial charge in [-0.05, 0) is 51.3 Å². The van der Waals surface area contributed by atoms with Crippen LogP contribution in [0.4, 0.5) is 14.8 Å². The quantitative estimate of drug-likeness (QED) is 0.346. The zero-order valence-corrected chi connectivity index (χ0v) is 22.0. The molecule has 11 heteroatoms. The predicted octanol–water partition coefficient (Wildman–Crippen LogP) is 3.44. The van der Waals surface area contributed by atoms with Gasteiger partial charge in [-0.1, -0.05) is 18.2 Å². The Morgan fingerprint density at radius 3 is 2.79 bits per heavy atom. The van der Waals surface area contributed by atoms with Crippen LogP contribution >= 0.6 is 0 Å². The van der Waals surface area contributed by atoms with Gasteiger partial charge in [0.25, 0.3) is 6.01 Å². The number of amides is 2. The van der Waals surface area contributed by atoms with Crippen molar-refractivity contribution < 1.29 is 22.8 Å². The van der Waals surface area contributed by atoms with Crippen molar-refractivity contribution in [3.05, 3.63) is 59.7 Å². The van der Waals surface area contributed by atoms with Crippen LogP contribution in [0, 0.1) is 11.6 Å². The number of fused-ring (bicyclic) bond motifs is 1. The highest BCUT2D eigenvalue weighted by Crippen LogP contribution is 2.23. The van der Waals surface area contributed by atoms with Crippen molar-refractivity contribution in [1.82, 2.24) is 25.8 Å². The van der Waals surface area contributed by atoms with Gasteiger partial charge >= 0.3 is 0 Å². The normalized spacial score (nSPS) is 23.0. The number of nitrogens with one attached hydrogen (secondary N) is 4. The van der Waals surface area contributed by atoms with E-state index in [9.17, 15) is 18.4 Å². The fraction of sp³-hybridized carbons (Fsp3) is 0.464. The van der Waals surface area contributed by atoms with Crippen molar-refractivity contribution in [2.24, 2.45) is 0 Å². The van der Waals surface area contributed by atoms with Gasteiger partial charge in [-0.25, -0.2) is 8.78 Å². The number of likely N-dealkylation sites (tertiary alicyclic amines) is 1. The fourth-order valence-corrected chi connectivity index (χ4v) is 5.35. The summed E-state index contributed by atoms with van der Waals surface area (Å²) in [6.45, 7) is 4.92. The molecule has 0 aliphatic carbocycles. The van der Waals surface area contributed by atoms with Gasteiger partial charge in [0, 0.05) is 36.8 Å². The number of benzene rings is 2. The maximum atomic E-state index is 14.3. The summed E-state index contributed by atoms with van der Waals surface area (Å²) in [6.07, 6.45) is 2.53. The number of carbonyl (C=O) groups is 2. The number of para-hydroxylation sites is 2. The van der Waals surface area contributed by atoms with Crippen LogP contribution in [-0.4, -0.2) is 59.1 Å². The van der Waals surface area contributed by atoms with Gasteiger partial charge in [0.05, 0.1) is 18.6 Å². The van der Waals surface area contributed by atoms with Crippen molar-refractivity contribution in [2.75, 3.05) is 18.4 Å². The van der Waals surface area contributed by atoms with Gasteiger partial charge in [-0.3, -0.25) is 20.2 Å². The summed E-state index contributed by atoms with van der Waals surface area (Å²) < 4.78 is 33.4. The van der Waals surface area contributed by atoms with Crippen LogP contribution in [0.25, 0.3) is 11.1 Å². The van der Waals surface area contributed by atoms with Crippen LogP contribution in [0.3, 0.4) is 0 Å². The van der Waals surface area contributed by atoms with Crippen LogP contribution in [0.2, 0.25) is 0 Å². The highest BCUT2D eigenvalue weighted by atomic mass is 19.1. The molecule has 2 saturated heterocycles. The van der Waals surface area contributed by atoms with E-state index in [2.05, 4.69) is 26.3 Å². The van der Waals surface area contributed by atoms with Crippen molar-refractivity contribution in [2.45, 2.75) is 69.9 Å². The summed E-state index contributed by atoms with van der Waals surface area (Å²) in [5, 5.41) is 12.5. The number of piperidine rings is 1. The third-order valence-electron chi connectivity index (χ3n) is 7.54. The van der Waals surface area contributed by atoms with E-state index in [0.717, 1.165) is 25.3 Å². The molecule has 2 aromatic carbocycles. The molecule has 39 heavy (non-hydrogen) atoms. The Morgan fingerprint density at radius 1 is 1.21 bits per heavy atom. The summed E-state index contributed by atoms with van der Waals surface area (Å²) >= 11 is 0. The molecular weight excluding hydrogens is 506 g/mol. The maximum absolute atomic E-state index is 14.3. The smallest absolute Gasteiger partial charge is 0.296 e. The summed E-state index contributed by atoms with van der Waals surface area (Å²) in [5.41, 5.74) is 1.56. The van der Waals surface area contributed by atoms with E-state index in [1.807, 2.05) is 30.9 Å². The Bertz CT molecular complexity index is 1300. The molecule has 2 unspecified atom stereocenters. The number of nitrogens with zero attached hydrogens (tertiary/aromatic N) is 2. The Balaban J connectivity index is 1.27.